The summed E-state index contributed by atoms with van der Waals surface area (Å²) >= 11 is 0. The number of nitrogens with zero attached hydrogens (tertiary/aromatic N) is 2. The van der Waals surface area contributed by atoms with Gasteiger partial charge in [0, 0.05) is 39.9 Å². The normalized spacial score (nSPS) is 29.4. The minimum absolute atomic E-state index is 0.842. The van der Waals surface area contributed by atoms with Gasteiger partial charge in [0.15, 0.2) is 0 Å². The Morgan fingerprint density at radius 3 is 2.05 bits per heavy atom. The minimum Gasteiger partial charge on any atom is -0.383 e. The van der Waals surface area contributed by atoms with E-state index in [1.54, 1.807) is 7.11 Å². The van der Waals surface area contributed by atoms with Gasteiger partial charge in [0.05, 0.1) is 13.2 Å². The van der Waals surface area contributed by atoms with Gasteiger partial charge >= 0.3 is 0 Å². The third-order valence-electron chi connectivity index (χ3n) is 4.65. The second kappa shape index (κ2) is 8.20. The molecule has 2 heterocycles. The molecular weight excluding hydrogens is 240 g/mol. The molecule has 2 aliphatic rings. The fourth-order valence-electron chi connectivity index (χ4n) is 3.46. The van der Waals surface area contributed by atoms with Gasteiger partial charge < -0.3 is 19.3 Å². The molecule has 0 spiro atoms. The van der Waals surface area contributed by atoms with Crippen molar-refractivity contribution in [2.24, 2.45) is 11.8 Å². The monoisotopic (exact) mass is 270 g/mol. The van der Waals surface area contributed by atoms with Crippen LogP contribution in [0.15, 0.2) is 0 Å². The predicted molar refractivity (Wildman–Crippen MR) is 77.5 cm³/mol. The summed E-state index contributed by atoms with van der Waals surface area (Å²) in [5.74, 6) is 1.82. The predicted octanol–water partition coefficient (Wildman–Crippen LogP) is 1.31. The molecule has 2 aliphatic heterocycles. The first kappa shape index (κ1) is 15.2. The highest BCUT2D eigenvalue weighted by Crippen LogP contribution is 2.30. The van der Waals surface area contributed by atoms with Crippen LogP contribution in [0.4, 0.5) is 0 Å². The third kappa shape index (κ3) is 4.71. The summed E-state index contributed by atoms with van der Waals surface area (Å²) in [5, 5.41) is 0. The van der Waals surface area contributed by atoms with E-state index in [0.29, 0.717) is 0 Å². The number of piperidine rings is 2. The highest BCUT2D eigenvalue weighted by molar-refractivity contribution is 4.86. The van der Waals surface area contributed by atoms with Crippen LogP contribution in [-0.4, -0.2) is 76.0 Å². The van der Waals surface area contributed by atoms with E-state index < -0.39 is 0 Å². The molecule has 0 unspecified atom stereocenters. The van der Waals surface area contributed by atoms with E-state index in [4.69, 9.17) is 9.47 Å². The molecule has 19 heavy (non-hydrogen) atoms. The molecule has 2 atom stereocenters. The van der Waals surface area contributed by atoms with Crippen LogP contribution in [0.3, 0.4) is 0 Å². The van der Waals surface area contributed by atoms with Crippen molar-refractivity contribution in [1.29, 1.82) is 0 Å². The molecule has 0 aliphatic carbocycles. The number of likely N-dealkylation sites (tertiary alicyclic amines) is 2. The van der Waals surface area contributed by atoms with E-state index in [9.17, 15) is 0 Å². The van der Waals surface area contributed by atoms with Gasteiger partial charge in [-0.1, -0.05) is 0 Å². The number of hydrogen-bond donors (Lipinski definition) is 0. The second-order valence-corrected chi connectivity index (χ2v) is 5.89. The summed E-state index contributed by atoms with van der Waals surface area (Å²) in [6.45, 7) is 12.0. The van der Waals surface area contributed by atoms with Crippen LogP contribution in [0, 0.1) is 11.8 Å². The molecule has 0 bridgehead atoms. The quantitative estimate of drug-likeness (QED) is 0.651. The molecule has 2 fully saturated rings. The molecule has 0 aromatic rings. The molecule has 0 amide bonds. The topological polar surface area (TPSA) is 24.9 Å². The van der Waals surface area contributed by atoms with Crippen LogP contribution < -0.4 is 0 Å². The summed E-state index contributed by atoms with van der Waals surface area (Å²) in [6, 6.07) is 0. The highest BCUT2D eigenvalue weighted by atomic mass is 16.5. The van der Waals surface area contributed by atoms with E-state index in [-0.39, 0.29) is 0 Å². The molecule has 112 valence electrons. The Balaban J connectivity index is 1.69. The highest BCUT2D eigenvalue weighted by Gasteiger charge is 2.33. The lowest BCUT2D eigenvalue weighted by Gasteiger charge is -2.45. The van der Waals surface area contributed by atoms with Gasteiger partial charge in [-0.3, -0.25) is 0 Å². The first-order valence-corrected chi connectivity index (χ1v) is 7.85. The first-order valence-electron chi connectivity index (χ1n) is 7.85. The van der Waals surface area contributed by atoms with Crippen molar-refractivity contribution in [2.45, 2.75) is 19.8 Å². The summed E-state index contributed by atoms with van der Waals surface area (Å²) < 4.78 is 10.7. The Labute approximate surface area is 118 Å². The van der Waals surface area contributed by atoms with Crippen molar-refractivity contribution in [3.8, 4) is 0 Å². The van der Waals surface area contributed by atoms with Gasteiger partial charge in [0.1, 0.15) is 0 Å². The number of hydrogen-bond acceptors (Lipinski definition) is 4. The van der Waals surface area contributed by atoms with Crippen LogP contribution >= 0.6 is 0 Å². The van der Waals surface area contributed by atoms with Crippen molar-refractivity contribution in [1.82, 2.24) is 9.80 Å². The van der Waals surface area contributed by atoms with Crippen molar-refractivity contribution < 1.29 is 9.47 Å². The van der Waals surface area contributed by atoms with E-state index in [1.807, 2.05) is 0 Å². The smallest absolute Gasteiger partial charge is 0.0593 e. The zero-order chi connectivity index (χ0) is 13.5. The second-order valence-electron chi connectivity index (χ2n) is 5.89. The molecule has 0 radical (unpaired) electrons. The lowest BCUT2D eigenvalue weighted by molar-refractivity contribution is 0.0205. The van der Waals surface area contributed by atoms with Crippen LogP contribution in [0.1, 0.15) is 19.8 Å². The Hall–Kier alpha value is -0.160. The fourth-order valence-corrected chi connectivity index (χ4v) is 3.46. The van der Waals surface area contributed by atoms with Crippen molar-refractivity contribution in [2.75, 3.05) is 66.2 Å². The SMILES string of the molecule is CCOCCN1CC[C@H]2CN(CCOC)CC[C@H]2C1. The molecule has 4 nitrogen and oxygen atoms in total. The average molecular weight is 270 g/mol. The molecule has 2 rings (SSSR count). The van der Waals surface area contributed by atoms with Crippen LogP contribution in [0.2, 0.25) is 0 Å². The van der Waals surface area contributed by atoms with Gasteiger partial charge in [0.2, 0.25) is 0 Å². The largest absolute Gasteiger partial charge is 0.383 e. The summed E-state index contributed by atoms with van der Waals surface area (Å²) in [4.78, 5) is 5.18. The minimum atomic E-state index is 0.842. The van der Waals surface area contributed by atoms with E-state index in [0.717, 1.165) is 44.7 Å². The van der Waals surface area contributed by atoms with E-state index in [2.05, 4.69) is 16.7 Å². The van der Waals surface area contributed by atoms with Crippen LogP contribution in [0.5, 0.6) is 0 Å². The molecule has 0 aromatic heterocycles. The van der Waals surface area contributed by atoms with Crippen LogP contribution in [-0.2, 0) is 9.47 Å². The molecule has 0 saturated carbocycles. The van der Waals surface area contributed by atoms with E-state index in [1.165, 1.54) is 39.0 Å². The van der Waals surface area contributed by atoms with Crippen molar-refractivity contribution >= 4 is 0 Å². The van der Waals surface area contributed by atoms with Gasteiger partial charge in [-0.25, -0.2) is 0 Å². The summed E-state index contributed by atoms with van der Waals surface area (Å²) in [5.41, 5.74) is 0. The molecule has 0 N–H and O–H groups in total. The van der Waals surface area contributed by atoms with Gasteiger partial charge in [0.25, 0.3) is 0 Å². The number of methoxy groups -OCH3 is 1. The zero-order valence-corrected chi connectivity index (χ0v) is 12.6. The maximum absolute atomic E-state index is 5.47. The number of ether oxygens (including phenoxy) is 2. The Morgan fingerprint density at radius 2 is 1.53 bits per heavy atom. The molecule has 2 saturated heterocycles. The van der Waals surface area contributed by atoms with Crippen molar-refractivity contribution in [3.63, 3.8) is 0 Å². The first-order chi connectivity index (χ1) is 9.33. The number of fused-ring (bicyclic) bond motifs is 1. The summed E-state index contributed by atoms with van der Waals surface area (Å²) in [6.07, 6.45) is 2.72. The van der Waals surface area contributed by atoms with Gasteiger partial charge in [-0.05, 0) is 44.7 Å². The molecule has 4 heteroatoms. The molecular formula is C15H30N2O2. The zero-order valence-electron chi connectivity index (χ0n) is 12.6. The molecule has 0 aromatic carbocycles. The maximum atomic E-state index is 5.47. The summed E-state index contributed by atoms with van der Waals surface area (Å²) in [7, 11) is 1.80. The van der Waals surface area contributed by atoms with Gasteiger partial charge in [-0.15, -0.1) is 0 Å². The maximum Gasteiger partial charge on any atom is 0.0593 e. The lowest BCUT2D eigenvalue weighted by atomic mass is 9.80. The Bertz CT molecular complexity index is 250. The van der Waals surface area contributed by atoms with E-state index >= 15 is 0 Å². The lowest BCUT2D eigenvalue weighted by Crippen LogP contribution is -2.50. The van der Waals surface area contributed by atoms with Crippen molar-refractivity contribution in [3.05, 3.63) is 0 Å². The average Bonchev–Trinajstić information content (AvgIpc) is 2.45. The Kier molecular flexibility index (Phi) is 6.57. The number of rotatable bonds is 7. The Morgan fingerprint density at radius 1 is 0.947 bits per heavy atom. The van der Waals surface area contributed by atoms with Gasteiger partial charge in [-0.2, -0.15) is 0 Å². The third-order valence-corrected chi connectivity index (χ3v) is 4.65. The van der Waals surface area contributed by atoms with Crippen LogP contribution in [0.25, 0.3) is 0 Å². The standard InChI is InChI=1S/C15H30N2O2/c1-3-19-11-9-17-7-5-14-12-16(8-10-18-2)6-4-15(14)13-17/h14-15H,3-13H2,1-2H3/t14-,15-/m0/s1. The fraction of sp³-hybridized carbons (Fsp3) is 1.00.